The van der Waals surface area contributed by atoms with Crippen LogP contribution in [0.4, 0.5) is 4.39 Å². The average molecular weight is 249 g/mol. The Kier molecular flexibility index (Phi) is 2.38. The molecule has 0 radical (unpaired) electrons. The molecule has 4 nitrogen and oxygen atoms in total. The van der Waals surface area contributed by atoms with Gasteiger partial charge in [0.1, 0.15) is 23.2 Å². The Bertz CT molecular complexity index is 650. The highest BCUT2D eigenvalue weighted by molar-refractivity contribution is 7.05. The van der Waals surface area contributed by atoms with Crippen molar-refractivity contribution in [2.45, 2.75) is 6.04 Å². The van der Waals surface area contributed by atoms with Crippen LogP contribution in [0.3, 0.4) is 0 Å². The van der Waals surface area contributed by atoms with Crippen molar-refractivity contribution < 1.29 is 8.81 Å². The Morgan fingerprint density at radius 2 is 2.24 bits per heavy atom. The lowest BCUT2D eigenvalue weighted by atomic mass is 10.2. The Hall–Kier alpha value is -1.79. The first kappa shape index (κ1) is 10.4. The monoisotopic (exact) mass is 249 g/mol. The van der Waals surface area contributed by atoms with E-state index in [1.54, 1.807) is 18.3 Å². The van der Waals surface area contributed by atoms with Gasteiger partial charge < -0.3 is 10.2 Å². The van der Waals surface area contributed by atoms with Gasteiger partial charge in [-0.3, -0.25) is 0 Å². The molecule has 3 aromatic rings. The molecule has 0 saturated heterocycles. The summed E-state index contributed by atoms with van der Waals surface area (Å²) in [5.74, 6) is 0.287. The van der Waals surface area contributed by atoms with Crippen molar-refractivity contribution in [3.8, 4) is 0 Å². The number of hydrogen-bond acceptors (Lipinski definition) is 5. The largest absolute Gasteiger partial charge is 0.459 e. The quantitative estimate of drug-likeness (QED) is 0.757. The lowest BCUT2D eigenvalue weighted by Gasteiger charge is -2.02. The highest BCUT2D eigenvalue weighted by Crippen LogP contribution is 2.27. The van der Waals surface area contributed by atoms with Crippen LogP contribution in [0.25, 0.3) is 11.0 Å². The van der Waals surface area contributed by atoms with Gasteiger partial charge in [0.15, 0.2) is 0 Å². The molecule has 0 spiro atoms. The molecular formula is C11H8FN3OS. The van der Waals surface area contributed by atoms with Crippen LogP contribution in [-0.2, 0) is 0 Å². The summed E-state index contributed by atoms with van der Waals surface area (Å²) < 4.78 is 22.3. The van der Waals surface area contributed by atoms with Crippen LogP contribution in [0.1, 0.15) is 16.7 Å². The SMILES string of the molecule is NC(c1cc2cc(F)ccc2o1)c1cnns1. The fourth-order valence-electron chi connectivity index (χ4n) is 1.64. The number of aromatic nitrogens is 2. The predicted molar refractivity (Wildman–Crippen MR) is 62.1 cm³/mol. The highest BCUT2D eigenvalue weighted by atomic mass is 32.1. The molecule has 0 amide bonds. The highest BCUT2D eigenvalue weighted by Gasteiger charge is 2.16. The van der Waals surface area contributed by atoms with E-state index in [1.165, 1.54) is 23.7 Å². The van der Waals surface area contributed by atoms with Gasteiger partial charge >= 0.3 is 0 Å². The first-order valence-corrected chi connectivity index (χ1v) is 5.73. The van der Waals surface area contributed by atoms with Crippen LogP contribution in [0.5, 0.6) is 0 Å². The van der Waals surface area contributed by atoms with Gasteiger partial charge in [-0.05, 0) is 35.8 Å². The van der Waals surface area contributed by atoms with Gasteiger partial charge in [0.2, 0.25) is 0 Å². The number of rotatable bonds is 2. The molecule has 0 aliphatic heterocycles. The maximum atomic E-state index is 13.0. The molecule has 3 rings (SSSR count). The molecule has 0 bridgehead atoms. The lowest BCUT2D eigenvalue weighted by Crippen LogP contribution is -2.08. The summed E-state index contributed by atoms with van der Waals surface area (Å²) in [4.78, 5) is 0.810. The van der Waals surface area contributed by atoms with E-state index in [0.29, 0.717) is 16.7 Å². The molecule has 2 N–H and O–H groups in total. The van der Waals surface area contributed by atoms with Crippen LogP contribution >= 0.6 is 11.5 Å². The number of furan rings is 1. The minimum Gasteiger partial charge on any atom is -0.459 e. The molecule has 0 aliphatic carbocycles. The third-order valence-corrected chi connectivity index (χ3v) is 3.23. The summed E-state index contributed by atoms with van der Waals surface area (Å²) in [5.41, 5.74) is 6.63. The summed E-state index contributed by atoms with van der Waals surface area (Å²) in [6.07, 6.45) is 1.60. The Balaban J connectivity index is 2.06. The molecule has 1 aromatic carbocycles. The topological polar surface area (TPSA) is 64.9 Å². The van der Waals surface area contributed by atoms with E-state index >= 15 is 0 Å². The number of benzene rings is 1. The first-order valence-electron chi connectivity index (χ1n) is 4.96. The van der Waals surface area contributed by atoms with E-state index in [-0.39, 0.29) is 5.82 Å². The molecule has 2 aromatic heterocycles. The van der Waals surface area contributed by atoms with Crippen LogP contribution in [0.2, 0.25) is 0 Å². The van der Waals surface area contributed by atoms with Crippen molar-refractivity contribution in [1.29, 1.82) is 0 Å². The fourth-order valence-corrected chi connectivity index (χ4v) is 2.15. The molecule has 0 aliphatic rings. The summed E-state index contributed by atoms with van der Waals surface area (Å²) in [6.45, 7) is 0. The Morgan fingerprint density at radius 3 is 3.00 bits per heavy atom. The third-order valence-electron chi connectivity index (χ3n) is 2.49. The normalized spacial score (nSPS) is 13.1. The molecule has 1 atom stereocenters. The first-order chi connectivity index (χ1) is 8.24. The molecule has 0 saturated carbocycles. The van der Waals surface area contributed by atoms with Crippen molar-refractivity contribution in [3.63, 3.8) is 0 Å². The zero-order chi connectivity index (χ0) is 11.8. The second-order valence-electron chi connectivity index (χ2n) is 3.63. The third kappa shape index (κ3) is 1.81. The predicted octanol–water partition coefficient (Wildman–Crippen LogP) is 2.47. The van der Waals surface area contributed by atoms with Crippen molar-refractivity contribution in [1.82, 2.24) is 9.59 Å². The minimum absolute atomic E-state index is 0.294. The van der Waals surface area contributed by atoms with Crippen molar-refractivity contribution in [2.24, 2.45) is 5.73 Å². The van der Waals surface area contributed by atoms with Gasteiger partial charge in [0.25, 0.3) is 0 Å². The van der Waals surface area contributed by atoms with Crippen molar-refractivity contribution in [2.75, 3.05) is 0 Å². The molecule has 2 heterocycles. The van der Waals surface area contributed by atoms with Gasteiger partial charge in [-0.25, -0.2) is 4.39 Å². The molecule has 17 heavy (non-hydrogen) atoms. The zero-order valence-corrected chi connectivity index (χ0v) is 9.45. The number of nitrogens with two attached hydrogens (primary N) is 1. The summed E-state index contributed by atoms with van der Waals surface area (Å²) in [5, 5.41) is 4.43. The number of halogens is 1. The number of fused-ring (bicyclic) bond motifs is 1. The smallest absolute Gasteiger partial charge is 0.134 e. The van der Waals surface area contributed by atoms with E-state index in [0.717, 1.165) is 4.88 Å². The fraction of sp³-hybridized carbons (Fsp3) is 0.0909. The molecule has 1 unspecified atom stereocenters. The molecule has 6 heteroatoms. The van der Waals surface area contributed by atoms with E-state index in [1.807, 2.05) is 0 Å². The lowest BCUT2D eigenvalue weighted by molar-refractivity contribution is 0.527. The van der Waals surface area contributed by atoms with Gasteiger partial charge in [-0.2, -0.15) is 0 Å². The van der Waals surface area contributed by atoms with E-state index in [9.17, 15) is 4.39 Å². The van der Waals surface area contributed by atoms with Gasteiger partial charge in [-0.15, -0.1) is 5.10 Å². The van der Waals surface area contributed by atoms with Crippen LogP contribution in [0.15, 0.2) is 34.9 Å². The van der Waals surface area contributed by atoms with E-state index in [4.69, 9.17) is 10.2 Å². The molecule has 0 fully saturated rings. The molecular weight excluding hydrogens is 241 g/mol. The van der Waals surface area contributed by atoms with Gasteiger partial charge in [0, 0.05) is 5.39 Å². The summed E-state index contributed by atoms with van der Waals surface area (Å²) >= 11 is 1.22. The second kappa shape index (κ2) is 3.90. The number of nitrogens with zero attached hydrogens (tertiary/aromatic N) is 2. The summed E-state index contributed by atoms with van der Waals surface area (Å²) in [7, 11) is 0. The Morgan fingerprint density at radius 1 is 1.35 bits per heavy atom. The van der Waals surface area contributed by atoms with Crippen LogP contribution < -0.4 is 5.73 Å². The average Bonchev–Trinajstić information content (AvgIpc) is 2.96. The van der Waals surface area contributed by atoms with Crippen LogP contribution in [-0.4, -0.2) is 9.59 Å². The summed E-state index contributed by atoms with van der Waals surface area (Å²) in [6, 6.07) is 5.69. The van der Waals surface area contributed by atoms with E-state index < -0.39 is 6.04 Å². The molecule has 86 valence electrons. The van der Waals surface area contributed by atoms with Crippen molar-refractivity contribution >= 4 is 22.5 Å². The van der Waals surface area contributed by atoms with Gasteiger partial charge in [-0.1, -0.05) is 4.49 Å². The maximum Gasteiger partial charge on any atom is 0.134 e. The zero-order valence-electron chi connectivity index (χ0n) is 8.63. The van der Waals surface area contributed by atoms with Crippen LogP contribution in [0, 0.1) is 5.82 Å². The van der Waals surface area contributed by atoms with Crippen molar-refractivity contribution in [3.05, 3.63) is 46.9 Å². The maximum absolute atomic E-state index is 13.0. The second-order valence-corrected chi connectivity index (χ2v) is 4.45. The Labute approximate surface area is 100 Å². The van der Waals surface area contributed by atoms with E-state index in [2.05, 4.69) is 9.59 Å². The standard InChI is InChI=1S/C11H8FN3OS/c12-7-1-2-8-6(3-7)4-9(16-8)11(13)10-5-14-15-17-10/h1-5,11H,13H2. The van der Waals surface area contributed by atoms with Gasteiger partial charge in [0.05, 0.1) is 11.1 Å². The minimum atomic E-state index is -0.412. The number of hydrogen-bond donors (Lipinski definition) is 1.